The van der Waals surface area contributed by atoms with Crippen molar-refractivity contribution in [3.8, 4) is 0 Å². The molecular formula is C16H26N2. The molecular weight excluding hydrogens is 220 g/mol. The van der Waals surface area contributed by atoms with Crippen molar-refractivity contribution in [2.45, 2.75) is 33.2 Å². The molecule has 0 saturated carbocycles. The van der Waals surface area contributed by atoms with E-state index in [1.807, 2.05) is 0 Å². The van der Waals surface area contributed by atoms with Crippen LogP contribution in [0.15, 0.2) is 24.3 Å². The molecule has 0 aliphatic carbocycles. The van der Waals surface area contributed by atoms with Gasteiger partial charge in [0.2, 0.25) is 0 Å². The predicted molar refractivity (Wildman–Crippen MR) is 77.5 cm³/mol. The Bertz CT molecular complexity index is 369. The molecule has 18 heavy (non-hydrogen) atoms. The summed E-state index contributed by atoms with van der Waals surface area (Å²) in [6.45, 7) is 10.2. The number of hydrogen-bond acceptors (Lipinski definition) is 2. The van der Waals surface area contributed by atoms with E-state index >= 15 is 0 Å². The molecule has 0 spiro atoms. The summed E-state index contributed by atoms with van der Waals surface area (Å²) in [4.78, 5) is 2.52. The smallest absolute Gasteiger partial charge is 0.0424 e. The molecule has 1 saturated heterocycles. The zero-order valence-corrected chi connectivity index (χ0v) is 11.9. The van der Waals surface area contributed by atoms with Crippen LogP contribution >= 0.6 is 0 Å². The summed E-state index contributed by atoms with van der Waals surface area (Å²) >= 11 is 0. The van der Waals surface area contributed by atoms with Crippen LogP contribution in [0.2, 0.25) is 0 Å². The summed E-state index contributed by atoms with van der Waals surface area (Å²) in [6.07, 6.45) is 1.33. The standard InChI is InChI=1S/C16H26N2/c1-12(2)15-8-9-18(10-15)11-16(17)14-6-4-13(3)5-7-14/h4-7,12,15-16H,8-11,17H2,1-3H3. The average molecular weight is 246 g/mol. The third-order valence-electron chi connectivity index (χ3n) is 4.21. The summed E-state index contributed by atoms with van der Waals surface area (Å²) in [5, 5.41) is 0. The predicted octanol–water partition coefficient (Wildman–Crippen LogP) is 2.97. The van der Waals surface area contributed by atoms with Gasteiger partial charge in [0.1, 0.15) is 0 Å². The molecule has 1 aromatic carbocycles. The molecule has 0 radical (unpaired) electrons. The molecule has 1 aromatic rings. The molecule has 0 bridgehead atoms. The highest BCUT2D eigenvalue weighted by Gasteiger charge is 2.25. The Labute approximate surface area is 111 Å². The van der Waals surface area contributed by atoms with Crippen molar-refractivity contribution in [2.75, 3.05) is 19.6 Å². The van der Waals surface area contributed by atoms with Crippen molar-refractivity contribution in [2.24, 2.45) is 17.6 Å². The molecule has 1 heterocycles. The second-order valence-corrected chi connectivity index (χ2v) is 6.07. The summed E-state index contributed by atoms with van der Waals surface area (Å²) in [5.41, 5.74) is 8.86. The number of benzene rings is 1. The van der Waals surface area contributed by atoms with E-state index in [1.165, 1.54) is 30.6 Å². The largest absolute Gasteiger partial charge is 0.323 e. The van der Waals surface area contributed by atoms with Crippen molar-refractivity contribution < 1.29 is 0 Å². The van der Waals surface area contributed by atoms with Crippen LogP contribution in [-0.2, 0) is 0 Å². The van der Waals surface area contributed by atoms with E-state index in [4.69, 9.17) is 5.73 Å². The van der Waals surface area contributed by atoms with Crippen molar-refractivity contribution in [1.29, 1.82) is 0 Å². The summed E-state index contributed by atoms with van der Waals surface area (Å²) in [6, 6.07) is 8.77. The van der Waals surface area contributed by atoms with Gasteiger partial charge >= 0.3 is 0 Å². The maximum absolute atomic E-state index is 6.30. The van der Waals surface area contributed by atoms with E-state index in [0.717, 1.165) is 18.4 Å². The third kappa shape index (κ3) is 3.33. The fourth-order valence-corrected chi connectivity index (χ4v) is 2.77. The highest BCUT2D eigenvalue weighted by molar-refractivity contribution is 5.24. The normalized spacial score (nSPS) is 22.6. The fourth-order valence-electron chi connectivity index (χ4n) is 2.77. The lowest BCUT2D eigenvalue weighted by atomic mass is 9.95. The van der Waals surface area contributed by atoms with E-state index in [2.05, 4.69) is 49.9 Å². The number of nitrogens with zero attached hydrogens (tertiary/aromatic N) is 1. The van der Waals surface area contributed by atoms with Gasteiger partial charge in [0.05, 0.1) is 0 Å². The Morgan fingerprint density at radius 3 is 2.50 bits per heavy atom. The van der Waals surface area contributed by atoms with E-state index in [-0.39, 0.29) is 6.04 Å². The topological polar surface area (TPSA) is 29.3 Å². The van der Waals surface area contributed by atoms with E-state index in [0.29, 0.717) is 0 Å². The molecule has 2 nitrogen and oxygen atoms in total. The minimum Gasteiger partial charge on any atom is -0.323 e. The third-order valence-corrected chi connectivity index (χ3v) is 4.21. The van der Waals surface area contributed by atoms with Gasteiger partial charge in [-0.2, -0.15) is 0 Å². The van der Waals surface area contributed by atoms with Crippen LogP contribution in [-0.4, -0.2) is 24.5 Å². The van der Waals surface area contributed by atoms with Crippen LogP contribution in [0.3, 0.4) is 0 Å². The van der Waals surface area contributed by atoms with Gasteiger partial charge in [-0.3, -0.25) is 0 Å². The first-order chi connectivity index (χ1) is 8.56. The molecule has 1 fully saturated rings. The zero-order valence-electron chi connectivity index (χ0n) is 11.9. The second kappa shape index (κ2) is 5.85. The Morgan fingerprint density at radius 2 is 1.94 bits per heavy atom. The van der Waals surface area contributed by atoms with Crippen LogP contribution < -0.4 is 5.73 Å². The number of hydrogen-bond donors (Lipinski definition) is 1. The van der Waals surface area contributed by atoms with E-state index in [1.54, 1.807) is 0 Å². The molecule has 2 unspecified atom stereocenters. The van der Waals surface area contributed by atoms with E-state index in [9.17, 15) is 0 Å². The highest BCUT2D eigenvalue weighted by atomic mass is 15.2. The molecule has 2 atom stereocenters. The van der Waals surface area contributed by atoms with Crippen molar-refractivity contribution in [1.82, 2.24) is 4.90 Å². The molecule has 0 amide bonds. The zero-order chi connectivity index (χ0) is 13.1. The lowest BCUT2D eigenvalue weighted by Crippen LogP contribution is -2.31. The van der Waals surface area contributed by atoms with Crippen LogP contribution in [0.4, 0.5) is 0 Å². The van der Waals surface area contributed by atoms with Gasteiger partial charge in [0.15, 0.2) is 0 Å². The minimum absolute atomic E-state index is 0.150. The minimum atomic E-state index is 0.150. The number of aryl methyl sites for hydroxylation is 1. The van der Waals surface area contributed by atoms with Gasteiger partial charge in [-0.25, -0.2) is 0 Å². The van der Waals surface area contributed by atoms with E-state index < -0.39 is 0 Å². The van der Waals surface area contributed by atoms with Gasteiger partial charge in [-0.05, 0) is 37.3 Å². The summed E-state index contributed by atoms with van der Waals surface area (Å²) < 4.78 is 0. The van der Waals surface area contributed by atoms with Crippen molar-refractivity contribution in [3.05, 3.63) is 35.4 Å². The SMILES string of the molecule is Cc1ccc(C(N)CN2CCC(C(C)C)C2)cc1. The summed E-state index contributed by atoms with van der Waals surface area (Å²) in [5.74, 6) is 1.65. The fraction of sp³-hybridized carbons (Fsp3) is 0.625. The van der Waals surface area contributed by atoms with Gasteiger partial charge in [0, 0.05) is 19.1 Å². The number of nitrogens with two attached hydrogens (primary N) is 1. The maximum atomic E-state index is 6.30. The Hall–Kier alpha value is -0.860. The molecule has 2 rings (SSSR count). The first-order valence-corrected chi connectivity index (χ1v) is 7.10. The molecule has 0 aromatic heterocycles. The number of likely N-dealkylation sites (tertiary alicyclic amines) is 1. The highest BCUT2D eigenvalue weighted by Crippen LogP contribution is 2.25. The van der Waals surface area contributed by atoms with Gasteiger partial charge in [-0.1, -0.05) is 43.7 Å². The first kappa shape index (κ1) is 13.6. The molecule has 1 aliphatic heterocycles. The monoisotopic (exact) mass is 246 g/mol. The van der Waals surface area contributed by atoms with Gasteiger partial charge in [0.25, 0.3) is 0 Å². The average Bonchev–Trinajstić information content (AvgIpc) is 2.78. The molecule has 2 heteroatoms. The molecule has 1 aliphatic rings. The Morgan fingerprint density at radius 1 is 1.28 bits per heavy atom. The van der Waals surface area contributed by atoms with Crippen LogP contribution in [0.25, 0.3) is 0 Å². The Kier molecular flexibility index (Phi) is 4.41. The van der Waals surface area contributed by atoms with Crippen molar-refractivity contribution in [3.63, 3.8) is 0 Å². The Balaban J connectivity index is 1.88. The van der Waals surface area contributed by atoms with Gasteiger partial charge in [-0.15, -0.1) is 0 Å². The van der Waals surface area contributed by atoms with Crippen LogP contribution in [0.1, 0.15) is 37.4 Å². The lowest BCUT2D eigenvalue weighted by Gasteiger charge is -2.22. The van der Waals surface area contributed by atoms with Gasteiger partial charge < -0.3 is 10.6 Å². The lowest BCUT2D eigenvalue weighted by molar-refractivity contribution is 0.287. The quantitative estimate of drug-likeness (QED) is 0.885. The molecule has 100 valence electrons. The maximum Gasteiger partial charge on any atom is 0.0424 e. The van der Waals surface area contributed by atoms with Crippen LogP contribution in [0.5, 0.6) is 0 Å². The van der Waals surface area contributed by atoms with Crippen LogP contribution in [0, 0.1) is 18.8 Å². The first-order valence-electron chi connectivity index (χ1n) is 7.10. The molecule has 2 N–H and O–H groups in total. The van der Waals surface area contributed by atoms with Crippen molar-refractivity contribution >= 4 is 0 Å². The summed E-state index contributed by atoms with van der Waals surface area (Å²) in [7, 11) is 0. The second-order valence-electron chi connectivity index (χ2n) is 6.07. The number of rotatable bonds is 4.